The minimum atomic E-state index is -4.29. The van der Waals surface area contributed by atoms with Gasteiger partial charge in [-0.1, -0.05) is 6.42 Å². The largest absolute Gasteiger partial charge is 0.391 e. The molecule has 0 aromatic heterocycles. The maximum atomic E-state index is 12.9. The van der Waals surface area contributed by atoms with Crippen LogP contribution in [-0.2, 0) is 19.6 Å². The van der Waals surface area contributed by atoms with Gasteiger partial charge in [0, 0.05) is 24.8 Å². The lowest BCUT2D eigenvalue weighted by Crippen LogP contribution is -2.35. The Balaban J connectivity index is 1.99. The Morgan fingerprint density at radius 2 is 1.89 bits per heavy atom. The van der Waals surface area contributed by atoms with Crippen molar-refractivity contribution in [1.29, 1.82) is 0 Å². The van der Waals surface area contributed by atoms with Gasteiger partial charge in [0.1, 0.15) is 0 Å². The summed E-state index contributed by atoms with van der Waals surface area (Å²) in [7, 11) is -2.27. The lowest BCUT2D eigenvalue weighted by molar-refractivity contribution is -0.185. The van der Waals surface area contributed by atoms with E-state index < -0.39 is 40.0 Å². The monoisotopic (exact) mass is 422 g/mol. The third-order valence-corrected chi connectivity index (χ3v) is 6.32. The van der Waals surface area contributed by atoms with Crippen LogP contribution in [0.25, 0.3) is 0 Å². The molecule has 0 bridgehead atoms. The number of carbonyl (C=O) groups is 1. The number of anilines is 1. The van der Waals surface area contributed by atoms with Gasteiger partial charge in [0.15, 0.2) is 0 Å². The van der Waals surface area contributed by atoms with E-state index in [0.717, 1.165) is 0 Å². The first kappa shape index (κ1) is 22.6. The highest BCUT2D eigenvalue weighted by atomic mass is 32.2. The van der Waals surface area contributed by atoms with Gasteiger partial charge in [-0.2, -0.15) is 13.2 Å². The second kappa shape index (κ2) is 9.23. The third kappa shape index (κ3) is 6.18. The number of methoxy groups -OCH3 is 1. The fourth-order valence-corrected chi connectivity index (χ4v) is 4.53. The highest BCUT2D eigenvalue weighted by molar-refractivity contribution is 7.89. The molecular formula is C18H25F3N2O4S. The summed E-state index contributed by atoms with van der Waals surface area (Å²) in [4.78, 5) is 12.3. The first-order valence-corrected chi connectivity index (χ1v) is 10.5. The second-order valence-electron chi connectivity index (χ2n) is 7.09. The van der Waals surface area contributed by atoms with Crippen LogP contribution in [0, 0.1) is 11.8 Å². The van der Waals surface area contributed by atoms with Crippen molar-refractivity contribution in [1.82, 2.24) is 4.72 Å². The highest BCUT2D eigenvalue weighted by Crippen LogP contribution is 2.40. The molecule has 1 aliphatic carbocycles. The smallest absolute Gasteiger partial charge is 0.383 e. The van der Waals surface area contributed by atoms with Gasteiger partial charge in [0.2, 0.25) is 15.9 Å². The minimum Gasteiger partial charge on any atom is -0.383 e. The van der Waals surface area contributed by atoms with Gasteiger partial charge in [-0.15, -0.1) is 0 Å². The van der Waals surface area contributed by atoms with E-state index in [-0.39, 0.29) is 24.3 Å². The van der Waals surface area contributed by atoms with Crippen LogP contribution >= 0.6 is 0 Å². The molecule has 0 aliphatic heterocycles. The fourth-order valence-electron chi connectivity index (χ4n) is 3.30. The summed E-state index contributed by atoms with van der Waals surface area (Å²) in [6.45, 7) is 1.88. The van der Waals surface area contributed by atoms with Gasteiger partial charge < -0.3 is 10.1 Å². The van der Waals surface area contributed by atoms with Crippen LogP contribution in [0.3, 0.4) is 0 Å². The summed E-state index contributed by atoms with van der Waals surface area (Å²) < 4.78 is 70.6. The van der Waals surface area contributed by atoms with Gasteiger partial charge in [0.05, 0.1) is 17.4 Å². The number of nitrogens with one attached hydrogen (secondary N) is 2. The van der Waals surface area contributed by atoms with Crippen molar-refractivity contribution in [3.8, 4) is 0 Å². The zero-order chi connectivity index (χ0) is 20.9. The average molecular weight is 422 g/mol. The van der Waals surface area contributed by atoms with Crippen LogP contribution < -0.4 is 10.0 Å². The number of carbonyl (C=O) groups excluding carboxylic acids is 1. The highest BCUT2D eigenvalue weighted by Gasteiger charge is 2.43. The quantitative estimate of drug-likeness (QED) is 0.706. The molecule has 10 heteroatoms. The summed E-state index contributed by atoms with van der Waals surface area (Å²) in [6.07, 6.45) is -3.70. The molecule has 0 saturated heterocycles. The van der Waals surface area contributed by atoms with E-state index in [1.807, 2.05) is 0 Å². The Hall–Kier alpha value is -1.65. The van der Waals surface area contributed by atoms with Gasteiger partial charge in [0.25, 0.3) is 0 Å². The first-order valence-electron chi connectivity index (χ1n) is 9.02. The molecule has 1 fully saturated rings. The number of rotatable bonds is 7. The summed E-state index contributed by atoms with van der Waals surface area (Å²) in [5.74, 6) is -2.64. The molecule has 3 atom stereocenters. The van der Waals surface area contributed by atoms with Crippen LogP contribution in [0.4, 0.5) is 18.9 Å². The lowest BCUT2D eigenvalue weighted by Gasteiger charge is -2.29. The number of amides is 1. The number of hydrogen-bond donors (Lipinski definition) is 2. The minimum absolute atomic E-state index is 0.0169. The first-order chi connectivity index (χ1) is 13.0. The SMILES string of the molecule is COC[C@H](C)NS(=O)(=O)c1ccc(NC(=O)[C@@H]2CCC[C@H](C(F)(F)F)C2)cc1. The number of hydrogen-bond acceptors (Lipinski definition) is 4. The lowest BCUT2D eigenvalue weighted by atomic mass is 9.80. The molecule has 0 radical (unpaired) electrons. The van der Waals surface area contributed by atoms with Gasteiger partial charge in [-0.3, -0.25) is 4.79 Å². The zero-order valence-electron chi connectivity index (χ0n) is 15.8. The molecule has 0 spiro atoms. The summed E-state index contributed by atoms with van der Waals surface area (Å²) in [5.41, 5.74) is 0.336. The van der Waals surface area contributed by atoms with Crippen molar-refractivity contribution in [3.63, 3.8) is 0 Å². The Bertz CT molecular complexity index is 766. The van der Waals surface area contributed by atoms with Gasteiger partial charge in [-0.05, 0) is 50.5 Å². The van der Waals surface area contributed by atoms with Crippen LogP contribution in [0.15, 0.2) is 29.2 Å². The average Bonchev–Trinajstić information content (AvgIpc) is 2.61. The number of halogens is 3. The normalized spacial score (nSPS) is 21.9. The molecule has 0 unspecified atom stereocenters. The van der Waals surface area contributed by atoms with Gasteiger partial charge in [-0.25, -0.2) is 13.1 Å². The molecule has 2 rings (SSSR count). The molecular weight excluding hydrogens is 397 g/mol. The zero-order valence-corrected chi connectivity index (χ0v) is 16.6. The topological polar surface area (TPSA) is 84.5 Å². The van der Waals surface area contributed by atoms with Crippen molar-refractivity contribution in [2.45, 2.75) is 49.7 Å². The number of benzene rings is 1. The van der Waals surface area contributed by atoms with E-state index in [0.29, 0.717) is 18.5 Å². The maximum Gasteiger partial charge on any atom is 0.391 e. The predicted octanol–water partition coefficient (Wildman–Crippen LogP) is 3.31. The van der Waals surface area contributed by atoms with Crippen molar-refractivity contribution < 1.29 is 31.1 Å². The summed E-state index contributed by atoms with van der Waals surface area (Å²) >= 11 is 0. The van der Waals surface area contributed by atoms with E-state index in [1.54, 1.807) is 6.92 Å². The maximum absolute atomic E-state index is 12.9. The van der Waals surface area contributed by atoms with Crippen LogP contribution in [0.5, 0.6) is 0 Å². The van der Waals surface area contributed by atoms with Crippen molar-refractivity contribution in [2.24, 2.45) is 11.8 Å². The van der Waals surface area contributed by atoms with Crippen molar-refractivity contribution in [2.75, 3.05) is 19.0 Å². The summed E-state index contributed by atoms with van der Waals surface area (Å²) in [6, 6.07) is 5.07. The molecule has 0 heterocycles. The Morgan fingerprint density at radius 3 is 2.46 bits per heavy atom. The Morgan fingerprint density at radius 1 is 1.25 bits per heavy atom. The van der Waals surface area contributed by atoms with Crippen LogP contribution in [0.2, 0.25) is 0 Å². The Kier molecular flexibility index (Phi) is 7.46. The van der Waals surface area contributed by atoms with Crippen LogP contribution in [-0.4, -0.2) is 40.3 Å². The molecule has 1 aromatic carbocycles. The van der Waals surface area contributed by atoms with E-state index in [1.165, 1.54) is 31.4 Å². The van der Waals surface area contributed by atoms with Crippen molar-refractivity contribution >= 4 is 21.6 Å². The number of alkyl halides is 3. The molecule has 1 aromatic rings. The molecule has 1 aliphatic rings. The Labute approximate surface area is 162 Å². The third-order valence-electron chi connectivity index (χ3n) is 4.71. The predicted molar refractivity (Wildman–Crippen MR) is 98.2 cm³/mol. The number of ether oxygens (including phenoxy) is 1. The van der Waals surface area contributed by atoms with E-state index >= 15 is 0 Å². The molecule has 28 heavy (non-hydrogen) atoms. The van der Waals surface area contributed by atoms with E-state index in [2.05, 4.69) is 10.0 Å². The van der Waals surface area contributed by atoms with Gasteiger partial charge >= 0.3 is 6.18 Å². The summed E-state index contributed by atoms with van der Waals surface area (Å²) in [5, 5.41) is 2.58. The van der Waals surface area contributed by atoms with E-state index in [9.17, 15) is 26.4 Å². The molecule has 2 N–H and O–H groups in total. The molecule has 1 amide bonds. The van der Waals surface area contributed by atoms with E-state index in [4.69, 9.17) is 4.74 Å². The fraction of sp³-hybridized carbons (Fsp3) is 0.611. The molecule has 1 saturated carbocycles. The number of sulfonamides is 1. The standard InChI is InChI=1S/C18H25F3N2O4S/c1-12(11-27-2)23-28(25,26)16-8-6-15(7-9-16)22-17(24)13-4-3-5-14(10-13)18(19,20)21/h6-9,12-14,23H,3-5,10-11H2,1-2H3,(H,22,24)/t12-,13+,14-/m0/s1. The molecule has 6 nitrogen and oxygen atoms in total. The molecule has 158 valence electrons. The van der Waals surface area contributed by atoms with Crippen molar-refractivity contribution in [3.05, 3.63) is 24.3 Å². The second-order valence-corrected chi connectivity index (χ2v) is 8.81. The van der Waals surface area contributed by atoms with Crippen LogP contribution in [0.1, 0.15) is 32.6 Å².